The summed E-state index contributed by atoms with van der Waals surface area (Å²) in [6.45, 7) is 2.61. The Hall–Kier alpha value is -2.25. The van der Waals surface area contributed by atoms with Crippen LogP contribution in [0.2, 0.25) is 0 Å². The first-order valence-electron chi connectivity index (χ1n) is 8.85. The molecule has 3 heterocycles. The zero-order valence-electron chi connectivity index (χ0n) is 14.1. The lowest BCUT2D eigenvalue weighted by Gasteiger charge is -2.36. The van der Waals surface area contributed by atoms with Gasteiger partial charge < -0.3 is 19.5 Å². The Balaban J connectivity index is 1.55. The number of likely N-dealkylation sites (tertiary alicyclic amines) is 1. The molecule has 0 aliphatic carbocycles. The number of nitrogens with one attached hydrogen (secondary N) is 1. The summed E-state index contributed by atoms with van der Waals surface area (Å²) in [4.78, 5) is 19.3. The van der Waals surface area contributed by atoms with Gasteiger partial charge in [0.15, 0.2) is 0 Å². The Bertz CT molecular complexity index is 712. The van der Waals surface area contributed by atoms with Gasteiger partial charge in [0.1, 0.15) is 12.1 Å². The SMILES string of the molecule is O=C(C1CNCCO1)N1CCCCC1c1nc(-c2ccccc2)no1. The average Bonchev–Trinajstić information content (AvgIpc) is 3.19. The largest absolute Gasteiger partial charge is 0.366 e. The third kappa shape index (κ3) is 3.43. The van der Waals surface area contributed by atoms with Gasteiger partial charge in [-0.15, -0.1) is 0 Å². The monoisotopic (exact) mass is 342 g/mol. The Kier molecular flexibility index (Phi) is 4.76. The smallest absolute Gasteiger partial charge is 0.253 e. The molecule has 4 rings (SSSR count). The maximum absolute atomic E-state index is 12.9. The Morgan fingerprint density at radius 1 is 1.24 bits per heavy atom. The van der Waals surface area contributed by atoms with Crippen molar-refractivity contribution in [1.82, 2.24) is 20.4 Å². The van der Waals surface area contributed by atoms with Gasteiger partial charge in [-0.2, -0.15) is 4.98 Å². The summed E-state index contributed by atoms with van der Waals surface area (Å²) in [6.07, 6.45) is 2.44. The number of benzene rings is 1. The average molecular weight is 342 g/mol. The topological polar surface area (TPSA) is 80.5 Å². The van der Waals surface area contributed by atoms with Gasteiger partial charge in [0.25, 0.3) is 5.91 Å². The molecule has 2 aliphatic heterocycles. The number of nitrogens with zero attached hydrogens (tertiary/aromatic N) is 3. The zero-order valence-corrected chi connectivity index (χ0v) is 14.1. The van der Waals surface area contributed by atoms with E-state index in [1.165, 1.54) is 0 Å². The molecule has 2 aliphatic rings. The van der Waals surface area contributed by atoms with Crippen LogP contribution in [0, 0.1) is 0 Å². The fraction of sp³-hybridized carbons (Fsp3) is 0.500. The second-order valence-electron chi connectivity index (χ2n) is 6.43. The first-order chi connectivity index (χ1) is 12.3. The molecule has 1 amide bonds. The predicted octanol–water partition coefficient (Wildman–Crippen LogP) is 1.78. The van der Waals surface area contributed by atoms with E-state index in [1.54, 1.807) is 0 Å². The van der Waals surface area contributed by atoms with E-state index < -0.39 is 6.10 Å². The van der Waals surface area contributed by atoms with E-state index in [2.05, 4.69) is 15.5 Å². The van der Waals surface area contributed by atoms with E-state index in [0.717, 1.165) is 31.4 Å². The molecule has 2 saturated heterocycles. The molecule has 2 fully saturated rings. The highest BCUT2D eigenvalue weighted by molar-refractivity contribution is 5.81. The number of rotatable bonds is 3. The van der Waals surface area contributed by atoms with Crippen LogP contribution in [-0.2, 0) is 9.53 Å². The Labute approximate surface area is 146 Å². The van der Waals surface area contributed by atoms with E-state index in [-0.39, 0.29) is 11.9 Å². The quantitative estimate of drug-likeness (QED) is 0.916. The molecular formula is C18H22N4O3. The van der Waals surface area contributed by atoms with Crippen LogP contribution in [0.4, 0.5) is 0 Å². The lowest BCUT2D eigenvalue weighted by Crippen LogP contribution is -2.51. The molecule has 132 valence electrons. The van der Waals surface area contributed by atoms with Gasteiger partial charge in [-0.25, -0.2) is 0 Å². The van der Waals surface area contributed by atoms with Gasteiger partial charge in [0, 0.05) is 25.2 Å². The van der Waals surface area contributed by atoms with Crippen molar-refractivity contribution >= 4 is 5.91 Å². The lowest BCUT2D eigenvalue weighted by molar-refractivity contribution is -0.149. The number of piperidine rings is 1. The van der Waals surface area contributed by atoms with E-state index in [0.29, 0.717) is 31.4 Å². The molecule has 0 spiro atoms. The molecular weight excluding hydrogens is 320 g/mol. The second-order valence-corrected chi connectivity index (χ2v) is 6.43. The third-order valence-electron chi connectivity index (χ3n) is 4.75. The first kappa shape index (κ1) is 16.2. The molecule has 1 N–H and O–H groups in total. The normalized spacial score (nSPS) is 24.2. The van der Waals surface area contributed by atoms with Crippen LogP contribution in [0.1, 0.15) is 31.2 Å². The van der Waals surface area contributed by atoms with Crippen molar-refractivity contribution in [3.63, 3.8) is 0 Å². The number of aromatic nitrogens is 2. The number of carbonyl (C=O) groups is 1. The van der Waals surface area contributed by atoms with Crippen molar-refractivity contribution in [2.45, 2.75) is 31.4 Å². The van der Waals surface area contributed by atoms with Crippen molar-refractivity contribution < 1.29 is 14.1 Å². The minimum absolute atomic E-state index is 0.0105. The van der Waals surface area contributed by atoms with Gasteiger partial charge in [-0.3, -0.25) is 4.79 Å². The van der Waals surface area contributed by atoms with Crippen molar-refractivity contribution in [1.29, 1.82) is 0 Å². The first-order valence-corrected chi connectivity index (χ1v) is 8.85. The van der Waals surface area contributed by atoms with Crippen molar-refractivity contribution in [2.24, 2.45) is 0 Å². The highest BCUT2D eigenvalue weighted by atomic mass is 16.5. The highest BCUT2D eigenvalue weighted by Gasteiger charge is 2.36. The van der Waals surface area contributed by atoms with Crippen LogP contribution < -0.4 is 5.32 Å². The molecule has 1 aromatic heterocycles. The van der Waals surface area contributed by atoms with Gasteiger partial charge in [-0.05, 0) is 19.3 Å². The summed E-state index contributed by atoms with van der Waals surface area (Å²) in [6, 6.07) is 9.55. The van der Waals surface area contributed by atoms with Crippen LogP contribution in [-0.4, -0.2) is 53.3 Å². The molecule has 2 aromatic rings. The highest BCUT2D eigenvalue weighted by Crippen LogP contribution is 2.32. The molecule has 0 bridgehead atoms. The number of amides is 1. The maximum Gasteiger partial charge on any atom is 0.253 e. The number of hydrogen-bond donors (Lipinski definition) is 1. The fourth-order valence-electron chi connectivity index (χ4n) is 3.44. The minimum atomic E-state index is -0.425. The van der Waals surface area contributed by atoms with Gasteiger partial charge in [0.2, 0.25) is 11.7 Å². The molecule has 2 atom stereocenters. The Morgan fingerprint density at radius 3 is 2.92 bits per heavy atom. The predicted molar refractivity (Wildman–Crippen MR) is 90.6 cm³/mol. The van der Waals surface area contributed by atoms with Crippen LogP contribution >= 0.6 is 0 Å². The number of carbonyl (C=O) groups excluding carboxylic acids is 1. The summed E-state index contributed by atoms with van der Waals surface area (Å²) in [5, 5.41) is 7.31. The summed E-state index contributed by atoms with van der Waals surface area (Å²) >= 11 is 0. The van der Waals surface area contributed by atoms with Crippen molar-refractivity contribution in [3.8, 4) is 11.4 Å². The molecule has 2 unspecified atom stereocenters. The molecule has 1 aromatic carbocycles. The Morgan fingerprint density at radius 2 is 2.12 bits per heavy atom. The molecule has 0 radical (unpaired) electrons. The van der Waals surface area contributed by atoms with Crippen LogP contribution in [0.3, 0.4) is 0 Å². The molecule has 7 nitrogen and oxygen atoms in total. The number of hydrogen-bond acceptors (Lipinski definition) is 6. The van der Waals surface area contributed by atoms with E-state index in [1.807, 2.05) is 35.2 Å². The van der Waals surface area contributed by atoms with Crippen molar-refractivity contribution in [3.05, 3.63) is 36.2 Å². The molecule has 25 heavy (non-hydrogen) atoms. The summed E-state index contributed by atoms with van der Waals surface area (Å²) in [5.41, 5.74) is 0.908. The van der Waals surface area contributed by atoms with Crippen LogP contribution in [0.5, 0.6) is 0 Å². The van der Waals surface area contributed by atoms with Crippen LogP contribution in [0.15, 0.2) is 34.9 Å². The van der Waals surface area contributed by atoms with E-state index in [9.17, 15) is 4.79 Å². The van der Waals surface area contributed by atoms with Gasteiger partial charge in [0.05, 0.1) is 6.61 Å². The number of ether oxygens (including phenoxy) is 1. The van der Waals surface area contributed by atoms with E-state index in [4.69, 9.17) is 9.26 Å². The minimum Gasteiger partial charge on any atom is -0.366 e. The number of morpholine rings is 1. The van der Waals surface area contributed by atoms with Crippen LogP contribution in [0.25, 0.3) is 11.4 Å². The maximum atomic E-state index is 12.9. The molecule has 7 heteroatoms. The van der Waals surface area contributed by atoms with E-state index >= 15 is 0 Å². The van der Waals surface area contributed by atoms with Gasteiger partial charge in [-0.1, -0.05) is 35.5 Å². The van der Waals surface area contributed by atoms with Crippen molar-refractivity contribution in [2.75, 3.05) is 26.2 Å². The summed E-state index contributed by atoms with van der Waals surface area (Å²) in [5.74, 6) is 1.08. The third-order valence-corrected chi connectivity index (χ3v) is 4.75. The summed E-state index contributed by atoms with van der Waals surface area (Å²) < 4.78 is 11.1. The molecule has 0 saturated carbocycles. The standard InChI is InChI=1S/C18H22N4O3/c23-18(15-12-19-9-11-24-15)22-10-5-4-8-14(22)17-20-16(21-25-17)13-6-2-1-3-7-13/h1-3,6-7,14-15,19H,4-5,8-12H2. The zero-order chi connectivity index (χ0) is 17.1. The summed E-state index contributed by atoms with van der Waals surface area (Å²) in [7, 11) is 0. The lowest BCUT2D eigenvalue weighted by atomic mass is 10.0. The van der Waals surface area contributed by atoms with Gasteiger partial charge >= 0.3 is 0 Å². The fourth-order valence-corrected chi connectivity index (χ4v) is 3.44. The second kappa shape index (κ2) is 7.33.